The van der Waals surface area contributed by atoms with Crippen LogP contribution in [0.4, 0.5) is 0 Å². The zero-order valence-electron chi connectivity index (χ0n) is 8.99. The quantitative estimate of drug-likeness (QED) is 0.714. The molecule has 1 N–H and O–H groups in total. The van der Waals surface area contributed by atoms with Crippen molar-refractivity contribution in [1.82, 2.24) is 9.80 Å². The molecule has 2 aliphatic heterocycles. The molecule has 0 amide bonds. The summed E-state index contributed by atoms with van der Waals surface area (Å²) in [5.41, 5.74) is 0. The highest BCUT2D eigenvalue weighted by Crippen LogP contribution is 2.16. The summed E-state index contributed by atoms with van der Waals surface area (Å²) in [6.07, 6.45) is 5.22. The fraction of sp³-hybridized carbons (Fsp3) is 1.00. The van der Waals surface area contributed by atoms with Gasteiger partial charge in [-0.1, -0.05) is 0 Å². The summed E-state index contributed by atoms with van der Waals surface area (Å²) >= 11 is 0. The Kier molecular flexibility index (Phi) is 3.79. The average Bonchev–Trinajstić information content (AvgIpc) is 2.85. The average molecular weight is 198 g/mol. The Morgan fingerprint density at radius 3 is 2.50 bits per heavy atom. The zero-order valence-corrected chi connectivity index (χ0v) is 8.99. The van der Waals surface area contributed by atoms with Gasteiger partial charge in [0.15, 0.2) is 0 Å². The first-order valence-electron chi connectivity index (χ1n) is 5.97. The van der Waals surface area contributed by atoms with E-state index in [1.54, 1.807) is 0 Å². The predicted molar refractivity (Wildman–Crippen MR) is 57.4 cm³/mol. The van der Waals surface area contributed by atoms with E-state index in [9.17, 15) is 5.11 Å². The van der Waals surface area contributed by atoms with Crippen LogP contribution in [-0.2, 0) is 0 Å². The lowest BCUT2D eigenvalue weighted by molar-refractivity contribution is 0.146. The first-order chi connectivity index (χ1) is 6.90. The Hall–Kier alpha value is -0.120. The van der Waals surface area contributed by atoms with Gasteiger partial charge in [0.25, 0.3) is 0 Å². The van der Waals surface area contributed by atoms with Gasteiger partial charge in [-0.05, 0) is 45.3 Å². The Balaban J connectivity index is 1.68. The number of aliphatic hydroxyl groups excluding tert-OH is 1. The van der Waals surface area contributed by atoms with Crippen molar-refractivity contribution in [2.24, 2.45) is 0 Å². The minimum Gasteiger partial charge on any atom is -0.395 e. The van der Waals surface area contributed by atoms with Crippen LogP contribution in [0.5, 0.6) is 0 Å². The standard InChI is InChI=1S/C11H22N2O/c14-10-11-4-3-7-13(11)9-8-12-5-1-2-6-12/h11,14H,1-10H2/t11-/m0/s1. The SMILES string of the molecule is OC[C@@H]1CCCN1CCN1CCCC1. The third-order valence-corrected chi connectivity index (χ3v) is 3.61. The van der Waals surface area contributed by atoms with Crippen molar-refractivity contribution in [2.45, 2.75) is 31.7 Å². The van der Waals surface area contributed by atoms with Crippen molar-refractivity contribution in [3.05, 3.63) is 0 Å². The molecule has 0 radical (unpaired) electrons. The Bertz CT molecular complexity index is 169. The van der Waals surface area contributed by atoms with Crippen molar-refractivity contribution < 1.29 is 5.11 Å². The molecule has 0 spiro atoms. The lowest BCUT2D eigenvalue weighted by atomic mass is 10.2. The van der Waals surface area contributed by atoms with Gasteiger partial charge in [0.05, 0.1) is 6.61 Å². The summed E-state index contributed by atoms with van der Waals surface area (Å²) in [5, 5.41) is 9.17. The van der Waals surface area contributed by atoms with Gasteiger partial charge in [0.1, 0.15) is 0 Å². The molecule has 14 heavy (non-hydrogen) atoms. The normalized spacial score (nSPS) is 30.2. The molecule has 3 nitrogen and oxygen atoms in total. The molecule has 2 heterocycles. The summed E-state index contributed by atoms with van der Waals surface area (Å²) in [7, 11) is 0. The number of rotatable bonds is 4. The van der Waals surface area contributed by atoms with E-state index in [0.29, 0.717) is 12.6 Å². The summed E-state index contributed by atoms with van der Waals surface area (Å²) in [6.45, 7) is 6.48. The van der Waals surface area contributed by atoms with Gasteiger partial charge < -0.3 is 10.0 Å². The Morgan fingerprint density at radius 2 is 1.79 bits per heavy atom. The third kappa shape index (κ3) is 2.47. The zero-order chi connectivity index (χ0) is 9.80. The summed E-state index contributed by atoms with van der Waals surface area (Å²) in [6, 6.07) is 0.456. The molecule has 0 unspecified atom stereocenters. The lowest BCUT2D eigenvalue weighted by Crippen LogP contribution is -2.38. The van der Waals surface area contributed by atoms with Crippen molar-refractivity contribution in [1.29, 1.82) is 0 Å². The molecule has 3 heteroatoms. The van der Waals surface area contributed by atoms with E-state index >= 15 is 0 Å². The maximum Gasteiger partial charge on any atom is 0.0586 e. The van der Waals surface area contributed by atoms with Gasteiger partial charge >= 0.3 is 0 Å². The number of aliphatic hydroxyl groups is 1. The van der Waals surface area contributed by atoms with E-state index in [2.05, 4.69) is 9.80 Å². The van der Waals surface area contributed by atoms with E-state index < -0.39 is 0 Å². The first kappa shape index (κ1) is 10.4. The van der Waals surface area contributed by atoms with Crippen LogP contribution in [0.25, 0.3) is 0 Å². The highest BCUT2D eigenvalue weighted by Gasteiger charge is 2.24. The van der Waals surface area contributed by atoms with E-state index in [0.717, 1.165) is 6.54 Å². The monoisotopic (exact) mass is 198 g/mol. The van der Waals surface area contributed by atoms with Crippen LogP contribution in [0.15, 0.2) is 0 Å². The minimum absolute atomic E-state index is 0.347. The number of likely N-dealkylation sites (tertiary alicyclic amines) is 2. The highest BCUT2D eigenvalue weighted by molar-refractivity contribution is 4.79. The van der Waals surface area contributed by atoms with E-state index in [-0.39, 0.29) is 0 Å². The van der Waals surface area contributed by atoms with Crippen LogP contribution in [0.2, 0.25) is 0 Å². The molecule has 0 aromatic heterocycles. The molecular formula is C11H22N2O. The van der Waals surface area contributed by atoms with Gasteiger partial charge in [0, 0.05) is 19.1 Å². The Morgan fingerprint density at radius 1 is 1.00 bits per heavy atom. The van der Waals surface area contributed by atoms with Gasteiger partial charge in [-0.3, -0.25) is 4.90 Å². The summed E-state index contributed by atoms with van der Waals surface area (Å²) in [5.74, 6) is 0. The van der Waals surface area contributed by atoms with Crippen LogP contribution >= 0.6 is 0 Å². The van der Waals surface area contributed by atoms with E-state index in [1.165, 1.54) is 51.9 Å². The van der Waals surface area contributed by atoms with Crippen LogP contribution < -0.4 is 0 Å². The Labute approximate surface area is 86.7 Å². The third-order valence-electron chi connectivity index (χ3n) is 3.61. The maximum atomic E-state index is 9.17. The van der Waals surface area contributed by atoms with E-state index in [1.807, 2.05) is 0 Å². The minimum atomic E-state index is 0.347. The van der Waals surface area contributed by atoms with Gasteiger partial charge in [-0.2, -0.15) is 0 Å². The molecular weight excluding hydrogens is 176 g/mol. The summed E-state index contributed by atoms with van der Waals surface area (Å²) < 4.78 is 0. The highest BCUT2D eigenvalue weighted by atomic mass is 16.3. The number of hydrogen-bond donors (Lipinski definition) is 1. The molecule has 0 aromatic carbocycles. The second kappa shape index (κ2) is 5.10. The van der Waals surface area contributed by atoms with Crippen molar-refractivity contribution in [2.75, 3.05) is 39.3 Å². The van der Waals surface area contributed by atoms with Crippen LogP contribution in [0, 0.1) is 0 Å². The fourth-order valence-electron chi connectivity index (χ4n) is 2.67. The maximum absolute atomic E-state index is 9.17. The second-order valence-electron chi connectivity index (χ2n) is 4.56. The van der Waals surface area contributed by atoms with Crippen molar-refractivity contribution in [3.63, 3.8) is 0 Å². The predicted octanol–water partition coefficient (Wildman–Crippen LogP) is 0.539. The van der Waals surface area contributed by atoms with Crippen molar-refractivity contribution >= 4 is 0 Å². The van der Waals surface area contributed by atoms with Gasteiger partial charge in [-0.15, -0.1) is 0 Å². The first-order valence-corrected chi connectivity index (χ1v) is 5.97. The number of hydrogen-bond acceptors (Lipinski definition) is 3. The molecule has 0 aromatic rings. The van der Waals surface area contributed by atoms with Gasteiger partial charge in [-0.25, -0.2) is 0 Å². The largest absolute Gasteiger partial charge is 0.395 e. The number of nitrogens with zero attached hydrogens (tertiary/aromatic N) is 2. The molecule has 2 fully saturated rings. The van der Waals surface area contributed by atoms with Crippen LogP contribution in [-0.4, -0.2) is 60.3 Å². The smallest absolute Gasteiger partial charge is 0.0586 e. The molecule has 2 saturated heterocycles. The van der Waals surface area contributed by atoms with Gasteiger partial charge in [0.2, 0.25) is 0 Å². The van der Waals surface area contributed by atoms with Crippen LogP contribution in [0.1, 0.15) is 25.7 Å². The molecule has 2 rings (SSSR count). The van der Waals surface area contributed by atoms with Crippen LogP contribution in [0.3, 0.4) is 0 Å². The summed E-state index contributed by atoms with van der Waals surface area (Å²) in [4.78, 5) is 5.01. The topological polar surface area (TPSA) is 26.7 Å². The van der Waals surface area contributed by atoms with Crippen molar-refractivity contribution in [3.8, 4) is 0 Å². The molecule has 0 aliphatic carbocycles. The molecule has 1 atom stereocenters. The molecule has 82 valence electrons. The molecule has 2 aliphatic rings. The fourth-order valence-corrected chi connectivity index (χ4v) is 2.67. The molecule has 0 saturated carbocycles. The molecule has 0 bridgehead atoms. The van der Waals surface area contributed by atoms with E-state index in [4.69, 9.17) is 0 Å². The second-order valence-corrected chi connectivity index (χ2v) is 4.56. The lowest BCUT2D eigenvalue weighted by Gasteiger charge is -2.25.